The third kappa shape index (κ3) is 2.50. The minimum absolute atomic E-state index is 0.346. The van der Waals surface area contributed by atoms with Gasteiger partial charge in [-0.3, -0.25) is 4.98 Å². The zero-order chi connectivity index (χ0) is 15.1. The van der Waals surface area contributed by atoms with Gasteiger partial charge in [-0.1, -0.05) is 30.3 Å². The Morgan fingerprint density at radius 3 is 2.14 bits per heavy atom. The van der Waals surface area contributed by atoms with E-state index in [9.17, 15) is 0 Å². The SMILES string of the molecule is CC1(C)OB(c2cnccc2-c2ccccc2)OC1(C)C. The average Bonchev–Trinajstić information content (AvgIpc) is 2.68. The van der Waals surface area contributed by atoms with Crippen molar-refractivity contribution in [2.45, 2.75) is 38.9 Å². The standard InChI is InChI=1S/C17H20BNO2/c1-16(2)17(3,4)21-18(20-16)15-12-19-11-10-14(15)13-8-6-5-7-9-13/h5-12H,1-4H3. The van der Waals surface area contributed by atoms with Gasteiger partial charge < -0.3 is 9.31 Å². The fourth-order valence-electron chi connectivity index (χ4n) is 2.45. The number of aromatic nitrogens is 1. The molecule has 108 valence electrons. The molecule has 1 aromatic heterocycles. The lowest BCUT2D eigenvalue weighted by Crippen LogP contribution is -2.41. The Morgan fingerprint density at radius 2 is 1.52 bits per heavy atom. The second-order valence-corrected chi connectivity index (χ2v) is 6.42. The van der Waals surface area contributed by atoms with Crippen LogP contribution in [0.15, 0.2) is 48.8 Å². The van der Waals surface area contributed by atoms with Crippen molar-refractivity contribution >= 4 is 12.6 Å². The first-order chi connectivity index (χ1) is 9.91. The molecule has 1 aliphatic rings. The van der Waals surface area contributed by atoms with Crippen LogP contribution in [-0.2, 0) is 9.31 Å². The molecule has 0 radical (unpaired) electrons. The highest BCUT2D eigenvalue weighted by Gasteiger charge is 2.52. The van der Waals surface area contributed by atoms with Gasteiger partial charge in [-0.2, -0.15) is 0 Å². The van der Waals surface area contributed by atoms with Crippen LogP contribution in [0.1, 0.15) is 27.7 Å². The molecule has 1 aromatic carbocycles. The molecule has 1 fully saturated rings. The molecule has 0 amide bonds. The van der Waals surface area contributed by atoms with Gasteiger partial charge in [0.05, 0.1) is 11.2 Å². The lowest BCUT2D eigenvalue weighted by Gasteiger charge is -2.32. The summed E-state index contributed by atoms with van der Waals surface area (Å²) < 4.78 is 12.3. The van der Waals surface area contributed by atoms with E-state index >= 15 is 0 Å². The van der Waals surface area contributed by atoms with Crippen LogP contribution in [0.4, 0.5) is 0 Å². The molecule has 0 atom stereocenters. The normalized spacial score (nSPS) is 19.7. The molecule has 0 spiro atoms. The summed E-state index contributed by atoms with van der Waals surface area (Å²) >= 11 is 0. The summed E-state index contributed by atoms with van der Waals surface area (Å²) in [7, 11) is -0.390. The maximum absolute atomic E-state index is 6.15. The first kappa shape index (κ1) is 14.3. The van der Waals surface area contributed by atoms with Crippen molar-refractivity contribution in [2.75, 3.05) is 0 Å². The quantitative estimate of drug-likeness (QED) is 0.793. The molecule has 4 heteroatoms. The molecule has 0 unspecified atom stereocenters. The lowest BCUT2D eigenvalue weighted by molar-refractivity contribution is 0.00578. The van der Waals surface area contributed by atoms with Crippen LogP contribution in [0.25, 0.3) is 11.1 Å². The van der Waals surface area contributed by atoms with E-state index < -0.39 is 0 Å². The molecule has 0 bridgehead atoms. The highest BCUT2D eigenvalue weighted by molar-refractivity contribution is 6.63. The van der Waals surface area contributed by atoms with E-state index in [2.05, 4.69) is 44.8 Å². The molecule has 0 N–H and O–H groups in total. The Labute approximate surface area is 126 Å². The number of hydrogen-bond donors (Lipinski definition) is 0. The molecule has 0 saturated carbocycles. The summed E-state index contributed by atoms with van der Waals surface area (Å²) in [5.74, 6) is 0. The van der Waals surface area contributed by atoms with Crippen LogP contribution in [0.5, 0.6) is 0 Å². The molecular weight excluding hydrogens is 261 g/mol. The molecule has 21 heavy (non-hydrogen) atoms. The van der Waals surface area contributed by atoms with Crippen molar-refractivity contribution in [1.82, 2.24) is 4.98 Å². The lowest BCUT2D eigenvalue weighted by atomic mass is 9.75. The number of rotatable bonds is 2. The monoisotopic (exact) mass is 281 g/mol. The highest BCUT2D eigenvalue weighted by Crippen LogP contribution is 2.37. The van der Waals surface area contributed by atoms with Crippen LogP contribution in [0.3, 0.4) is 0 Å². The number of benzene rings is 1. The van der Waals surface area contributed by atoms with Crippen molar-refractivity contribution in [1.29, 1.82) is 0 Å². The molecular formula is C17H20BNO2. The molecule has 2 aromatic rings. The molecule has 1 saturated heterocycles. The van der Waals surface area contributed by atoms with Gasteiger partial charge in [0.1, 0.15) is 0 Å². The van der Waals surface area contributed by atoms with Gasteiger partial charge in [0.25, 0.3) is 0 Å². The fraction of sp³-hybridized carbons (Fsp3) is 0.353. The Bertz CT molecular complexity index is 624. The predicted molar refractivity (Wildman–Crippen MR) is 85.4 cm³/mol. The fourth-order valence-corrected chi connectivity index (χ4v) is 2.45. The minimum atomic E-state index is -0.390. The molecule has 3 nitrogen and oxygen atoms in total. The Morgan fingerprint density at radius 1 is 0.905 bits per heavy atom. The largest absolute Gasteiger partial charge is 0.497 e. The summed E-state index contributed by atoms with van der Waals surface area (Å²) in [6.07, 6.45) is 3.64. The predicted octanol–water partition coefficient (Wildman–Crippen LogP) is 3.05. The van der Waals surface area contributed by atoms with Crippen LogP contribution in [0, 0.1) is 0 Å². The first-order valence-electron chi connectivity index (χ1n) is 7.26. The third-order valence-corrected chi connectivity index (χ3v) is 4.44. The zero-order valence-electron chi connectivity index (χ0n) is 13.0. The Balaban J connectivity index is 2.02. The maximum atomic E-state index is 6.15. The van der Waals surface area contributed by atoms with Crippen molar-refractivity contribution in [3.63, 3.8) is 0 Å². The smallest absolute Gasteiger partial charge is 0.399 e. The van der Waals surface area contributed by atoms with Gasteiger partial charge in [-0.15, -0.1) is 0 Å². The van der Waals surface area contributed by atoms with Crippen LogP contribution in [-0.4, -0.2) is 23.3 Å². The van der Waals surface area contributed by atoms with Gasteiger partial charge in [0.15, 0.2) is 0 Å². The summed E-state index contributed by atoms with van der Waals surface area (Å²) in [5, 5.41) is 0. The molecule has 2 heterocycles. The van der Waals surface area contributed by atoms with E-state index in [1.807, 2.05) is 30.5 Å². The summed E-state index contributed by atoms with van der Waals surface area (Å²) in [5.41, 5.74) is 2.53. The summed E-state index contributed by atoms with van der Waals surface area (Å²) in [6, 6.07) is 12.3. The van der Waals surface area contributed by atoms with Crippen LogP contribution < -0.4 is 5.46 Å². The summed E-state index contributed by atoms with van der Waals surface area (Å²) in [4.78, 5) is 4.25. The van der Waals surface area contributed by atoms with E-state index in [0.29, 0.717) is 0 Å². The average molecular weight is 281 g/mol. The number of pyridine rings is 1. The third-order valence-electron chi connectivity index (χ3n) is 4.44. The topological polar surface area (TPSA) is 31.4 Å². The van der Waals surface area contributed by atoms with E-state index in [-0.39, 0.29) is 18.3 Å². The summed E-state index contributed by atoms with van der Waals surface area (Å²) in [6.45, 7) is 8.24. The first-order valence-corrected chi connectivity index (χ1v) is 7.26. The molecule has 0 aliphatic carbocycles. The van der Waals surface area contributed by atoms with Gasteiger partial charge in [-0.05, 0) is 44.9 Å². The maximum Gasteiger partial charge on any atom is 0.497 e. The van der Waals surface area contributed by atoms with E-state index in [1.165, 1.54) is 0 Å². The molecule has 1 aliphatic heterocycles. The van der Waals surface area contributed by atoms with Gasteiger partial charge in [0.2, 0.25) is 0 Å². The second kappa shape index (κ2) is 4.97. The van der Waals surface area contributed by atoms with Crippen molar-refractivity contribution in [2.24, 2.45) is 0 Å². The molecule has 3 rings (SSSR count). The van der Waals surface area contributed by atoms with Crippen molar-refractivity contribution in [3.8, 4) is 11.1 Å². The van der Waals surface area contributed by atoms with Crippen molar-refractivity contribution in [3.05, 3.63) is 48.8 Å². The Kier molecular flexibility index (Phi) is 3.38. The van der Waals surface area contributed by atoms with Crippen LogP contribution >= 0.6 is 0 Å². The Hall–Kier alpha value is -1.65. The van der Waals surface area contributed by atoms with Crippen LogP contribution in [0.2, 0.25) is 0 Å². The minimum Gasteiger partial charge on any atom is -0.399 e. The van der Waals surface area contributed by atoms with E-state index in [4.69, 9.17) is 9.31 Å². The second-order valence-electron chi connectivity index (χ2n) is 6.42. The highest BCUT2D eigenvalue weighted by atomic mass is 16.7. The van der Waals surface area contributed by atoms with E-state index in [1.54, 1.807) is 6.20 Å². The number of hydrogen-bond acceptors (Lipinski definition) is 3. The van der Waals surface area contributed by atoms with Gasteiger partial charge >= 0.3 is 7.12 Å². The number of nitrogens with zero attached hydrogens (tertiary/aromatic N) is 1. The van der Waals surface area contributed by atoms with Gasteiger partial charge in [0, 0.05) is 17.9 Å². The zero-order valence-corrected chi connectivity index (χ0v) is 13.0. The van der Waals surface area contributed by atoms with E-state index in [0.717, 1.165) is 16.6 Å². The van der Waals surface area contributed by atoms with Gasteiger partial charge in [-0.25, -0.2) is 0 Å². The van der Waals surface area contributed by atoms with Crippen molar-refractivity contribution < 1.29 is 9.31 Å².